The van der Waals surface area contributed by atoms with Gasteiger partial charge in [0.25, 0.3) is 0 Å². The summed E-state index contributed by atoms with van der Waals surface area (Å²) in [5.41, 5.74) is 0.242. The Morgan fingerprint density at radius 2 is 2.06 bits per heavy atom. The van der Waals surface area contributed by atoms with E-state index >= 15 is 0 Å². The predicted molar refractivity (Wildman–Crippen MR) is 74.6 cm³/mol. The van der Waals surface area contributed by atoms with Gasteiger partial charge < -0.3 is 5.32 Å². The van der Waals surface area contributed by atoms with Crippen LogP contribution in [-0.2, 0) is 25.6 Å². The van der Waals surface area contributed by atoms with Crippen molar-refractivity contribution in [1.82, 2.24) is 20.1 Å². The van der Waals surface area contributed by atoms with E-state index in [0.29, 0.717) is 6.54 Å². The normalized spacial score (nSPS) is 12.0. The van der Waals surface area contributed by atoms with Crippen LogP contribution in [0.15, 0.2) is 18.5 Å². The molecule has 5 heteroatoms. The lowest BCUT2D eigenvalue weighted by Gasteiger charge is -2.15. The Morgan fingerprint density at radius 3 is 2.61 bits per heavy atom. The first-order valence-corrected chi connectivity index (χ1v) is 6.91. The Balaban J connectivity index is 1.85. The molecule has 0 bridgehead atoms. The smallest absolute Gasteiger partial charge is 0.164 e. The van der Waals surface area contributed by atoms with E-state index in [1.54, 1.807) is 11.0 Å². The molecule has 2 heterocycles. The summed E-state index contributed by atoms with van der Waals surface area (Å²) in [6.45, 7) is 8.32. The number of nitrogens with one attached hydrogen (secondary N) is 1. The van der Waals surface area contributed by atoms with Gasteiger partial charge in [0.05, 0.1) is 6.54 Å². The SMILES string of the molecule is Cn1cnc(CNCc2ccc(C(C)(C)C)s2)n1. The first kappa shape index (κ1) is 13.2. The van der Waals surface area contributed by atoms with Crippen LogP contribution in [0, 0.1) is 0 Å². The molecule has 0 atom stereocenters. The molecule has 0 aromatic carbocycles. The maximum atomic E-state index is 4.23. The molecular formula is C13H20N4S. The Bertz CT molecular complexity index is 507. The van der Waals surface area contributed by atoms with E-state index in [-0.39, 0.29) is 5.41 Å². The second-order valence-electron chi connectivity index (χ2n) is 5.45. The van der Waals surface area contributed by atoms with Gasteiger partial charge in [-0.15, -0.1) is 11.3 Å². The zero-order valence-corrected chi connectivity index (χ0v) is 12.2. The molecule has 0 fully saturated rings. The molecule has 18 heavy (non-hydrogen) atoms. The van der Waals surface area contributed by atoms with Crippen LogP contribution in [-0.4, -0.2) is 14.8 Å². The summed E-state index contributed by atoms with van der Waals surface area (Å²) in [6.07, 6.45) is 1.72. The molecule has 0 aliphatic carbocycles. The van der Waals surface area contributed by atoms with E-state index in [1.807, 2.05) is 18.4 Å². The van der Waals surface area contributed by atoms with Crippen molar-refractivity contribution in [1.29, 1.82) is 0 Å². The third-order valence-corrected chi connectivity index (χ3v) is 4.14. The zero-order valence-electron chi connectivity index (χ0n) is 11.4. The van der Waals surface area contributed by atoms with Crippen LogP contribution in [0.4, 0.5) is 0 Å². The standard InChI is InChI=1S/C13H20N4S/c1-13(2,3)11-6-5-10(18-11)7-14-8-12-15-9-17(4)16-12/h5-6,9,14H,7-8H2,1-4H3. The summed E-state index contributed by atoms with van der Waals surface area (Å²) >= 11 is 1.87. The fraction of sp³-hybridized carbons (Fsp3) is 0.538. The van der Waals surface area contributed by atoms with Crippen molar-refractivity contribution >= 4 is 11.3 Å². The average molecular weight is 264 g/mol. The molecule has 1 N–H and O–H groups in total. The van der Waals surface area contributed by atoms with Gasteiger partial charge in [0, 0.05) is 23.3 Å². The largest absolute Gasteiger partial charge is 0.305 e. The van der Waals surface area contributed by atoms with Crippen molar-refractivity contribution in [3.63, 3.8) is 0 Å². The highest BCUT2D eigenvalue weighted by Gasteiger charge is 2.15. The fourth-order valence-corrected chi connectivity index (χ4v) is 2.67. The number of rotatable bonds is 4. The molecule has 2 aromatic rings. The van der Waals surface area contributed by atoms with Gasteiger partial charge in [-0.1, -0.05) is 20.8 Å². The molecule has 0 unspecified atom stereocenters. The first-order chi connectivity index (χ1) is 8.45. The van der Waals surface area contributed by atoms with E-state index < -0.39 is 0 Å². The molecule has 0 radical (unpaired) electrons. The second-order valence-corrected chi connectivity index (χ2v) is 6.62. The first-order valence-electron chi connectivity index (χ1n) is 6.09. The maximum Gasteiger partial charge on any atom is 0.164 e. The Labute approximate surface area is 112 Å². The maximum absolute atomic E-state index is 4.23. The van der Waals surface area contributed by atoms with Gasteiger partial charge in [0.2, 0.25) is 0 Å². The summed E-state index contributed by atoms with van der Waals surface area (Å²) in [5, 5.41) is 7.60. The third kappa shape index (κ3) is 3.40. The van der Waals surface area contributed by atoms with E-state index in [9.17, 15) is 0 Å². The topological polar surface area (TPSA) is 42.7 Å². The number of aryl methyl sites for hydroxylation is 1. The molecule has 0 amide bonds. The minimum absolute atomic E-state index is 0.242. The molecule has 98 valence electrons. The van der Waals surface area contributed by atoms with Crippen LogP contribution >= 0.6 is 11.3 Å². The third-order valence-electron chi connectivity index (χ3n) is 2.63. The summed E-state index contributed by atoms with van der Waals surface area (Å²) in [6, 6.07) is 4.42. The van der Waals surface area contributed by atoms with Crippen LogP contribution in [0.3, 0.4) is 0 Å². The molecule has 0 saturated carbocycles. The molecule has 2 aromatic heterocycles. The molecule has 0 spiro atoms. The summed E-state index contributed by atoms with van der Waals surface area (Å²) in [4.78, 5) is 6.97. The van der Waals surface area contributed by atoms with Crippen LogP contribution in [0.5, 0.6) is 0 Å². The zero-order chi connectivity index (χ0) is 13.2. The Morgan fingerprint density at radius 1 is 1.28 bits per heavy atom. The minimum atomic E-state index is 0.242. The number of thiophene rings is 1. The highest BCUT2D eigenvalue weighted by atomic mass is 32.1. The number of aromatic nitrogens is 3. The number of hydrogen-bond donors (Lipinski definition) is 1. The summed E-state index contributed by atoms with van der Waals surface area (Å²) in [5.74, 6) is 0.838. The molecular weight excluding hydrogens is 244 g/mol. The average Bonchev–Trinajstić information content (AvgIpc) is 2.87. The van der Waals surface area contributed by atoms with Gasteiger partial charge in [-0.2, -0.15) is 5.10 Å². The lowest BCUT2D eigenvalue weighted by atomic mass is 9.95. The Kier molecular flexibility index (Phi) is 3.82. The molecule has 0 aliphatic rings. The number of hydrogen-bond acceptors (Lipinski definition) is 4. The van der Waals surface area contributed by atoms with Crippen molar-refractivity contribution in [3.05, 3.63) is 34.0 Å². The van der Waals surface area contributed by atoms with Crippen LogP contribution in [0.2, 0.25) is 0 Å². The van der Waals surface area contributed by atoms with Crippen molar-refractivity contribution in [2.75, 3.05) is 0 Å². The van der Waals surface area contributed by atoms with E-state index in [4.69, 9.17) is 0 Å². The molecule has 2 rings (SSSR count). The molecule has 0 aliphatic heterocycles. The van der Waals surface area contributed by atoms with Crippen molar-refractivity contribution in [2.45, 2.75) is 39.3 Å². The highest BCUT2D eigenvalue weighted by molar-refractivity contribution is 7.12. The Hall–Kier alpha value is -1.20. The van der Waals surface area contributed by atoms with Gasteiger partial charge in [0.1, 0.15) is 6.33 Å². The lowest BCUT2D eigenvalue weighted by molar-refractivity contribution is 0.604. The monoisotopic (exact) mass is 264 g/mol. The summed E-state index contributed by atoms with van der Waals surface area (Å²) in [7, 11) is 1.88. The van der Waals surface area contributed by atoms with Crippen LogP contribution < -0.4 is 5.32 Å². The number of nitrogens with zero attached hydrogens (tertiary/aromatic N) is 3. The van der Waals surface area contributed by atoms with Gasteiger partial charge in [0.15, 0.2) is 5.82 Å². The van der Waals surface area contributed by atoms with Gasteiger partial charge in [-0.05, 0) is 17.5 Å². The predicted octanol–water partition coefficient (Wildman–Crippen LogP) is 2.46. The van der Waals surface area contributed by atoms with E-state index in [0.717, 1.165) is 12.4 Å². The van der Waals surface area contributed by atoms with Crippen molar-refractivity contribution in [3.8, 4) is 0 Å². The van der Waals surface area contributed by atoms with Crippen molar-refractivity contribution in [2.24, 2.45) is 7.05 Å². The highest BCUT2D eigenvalue weighted by Crippen LogP contribution is 2.29. The molecule has 4 nitrogen and oxygen atoms in total. The van der Waals surface area contributed by atoms with E-state index in [1.165, 1.54) is 9.75 Å². The van der Waals surface area contributed by atoms with Gasteiger partial charge in [-0.25, -0.2) is 4.98 Å². The van der Waals surface area contributed by atoms with Crippen molar-refractivity contribution < 1.29 is 0 Å². The minimum Gasteiger partial charge on any atom is -0.305 e. The van der Waals surface area contributed by atoms with E-state index in [2.05, 4.69) is 48.3 Å². The van der Waals surface area contributed by atoms with Crippen LogP contribution in [0.1, 0.15) is 36.3 Å². The summed E-state index contributed by atoms with van der Waals surface area (Å²) < 4.78 is 1.72. The molecule has 0 saturated heterocycles. The lowest BCUT2D eigenvalue weighted by Crippen LogP contribution is -2.13. The van der Waals surface area contributed by atoms with Crippen LogP contribution in [0.25, 0.3) is 0 Å². The van der Waals surface area contributed by atoms with Gasteiger partial charge in [-0.3, -0.25) is 4.68 Å². The quantitative estimate of drug-likeness (QED) is 0.922. The second kappa shape index (κ2) is 5.20. The van der Waals surface area contributed by atoms with Gasteiger partial charge >= 0.3 is 0 Å². The fourth-order valence-electron chi connectivity index (χ4n) is 1.64.